The number of aromatic nitrogens is 2. The minimum atomic E-state index is 1.50. The summed E-state index contributed by atoms with van der Waals surface area (Å²) in [7, 11) is 0. The molecular weight excluding hydrogens is 104 g/mol. The van der Waals surface area contributed by atoms with E-state index >= 15 is 0 Å². The van der Waals surface area contributed by atoms with E-state index in [1.54, 1.807) is 18.5 Å². The van der Waals surface area contributed by atoms with Crippen molar-refractivity contribution in [1.82, 2.24) is 9.97 Å². The largest absolute Gasteiger partial charge is 0.307 e. The zero-order valence-electron chi connectivity index (χ0n) is 4.32. The second kappa shape index (κ2) is 5.75. The van der Waals surface area contributed by atoms with Crippen molar-refractivity contribution in [3.8, 4) is 0 Å². The number of carbonyl (C=O) groups excluding carboxylic acids is 1. The van der Waals surface area contributed by atoms with Crippen LogP contribution in [0.15, 0.2) is 24.8 Å². The van der Waals surface area contributed by atoms with Crippen LogP contribution >= 0.6 is 0 Å². The van der Waals surface area contributed by atoms with E-state index in [0.29, 0.717) is 0 Å². The Kier molecular flexibility index (Phi) is 4.85. The van der Waals surface area contributed by atoms with Crippen LogP contribution in [0.25, 0.3) is 0 Å². The van der Waals surface area contributed by atoms with E-state index in [9.17, 15) is 0 Å². The fourth-order valence-electron chi connectivity index (χ4n) is 0.253. The molecule has 0 saturated carbocycles. The minimum Gasteiger partial charge on any atom is -0.307 e. The Balaban J connectivity index is 0.000000222. The highest BCUT2D eigenvalue weighted by molar-refractivity contribution is 5.10. The molecule has 0 aliphatic carbocycles. The van der Waals surface area contributed by atoms with Crippen molar-refractivity contribution in [2.24, 2.45) is 0 Å². The Bertz CT molecular complexity index is 93.3. The third kappa shape index (κ3) is 2.96. The average Bonchev–Trinajstić information content (AvgIpc) is 1.96. The molecule has 1 heterocycles. The van der Waals surface area contributed by atoms with Gasteiger partial charge in [-0.3, -0.25) is 0 Å². The molecular formula is C5H6N2O. The Morgan fingerprint density at radius 3 is 1.75 bits per heavy atom. The first-order valence-corrected chi connectivity index (χ1v) is 1.99. The maximum atomic E-state index is 8.00. The van der Waals surface area contributed by atoms with Gasteiger partial charge in [-0.2, -0.15) is 0 Å². The molecule has 0 aromatic carbocycles. The fourth-order valence-corrected chi connectivity index (χ4v) is 0.253. The van der Waals surface area contributed by atoms with Crippen molar-refractivity contribution in [1.29, 1.82) is 0 Å². The standard InChI is InChI=1S/C4H4N2.CH2O/c1-2-5-4-6-3-1;1-2/h1-4H;1H2. The van der Waals surface area contributed by atoms with E-state index < -0.39 is 0 Å². The quantitative estimate of drug-likeness (QED) is 0.482. The van der Waals surface area contributed by atoms with Crippen LogP contribution in [0.1, 0.15) is 0 Å². The molecule has 0 saturated heterocycles. The molecule has 3 heteroatoms. The normalized spacial score (nSPS) is 6.50. The Labute approximate surface area is 47.4 Å². The van der Waals surface area contributed by atoms with Crippen LogP contribution in [0.5, 0.6) is 0 Å². The summed E-state index contributed by atoms with van der Waals surface area (Å²) < 4.78 is 0. The van der Waals surface area contributed by atoms with Gasteiger partial charge in [0.25, 0.3) is 0 Å². The fraction of sp³-hybridized carbons (Fsp3) is 0. The molecule has 8 heavy (non-hydrogen) atoms. The van der Waals surface area contributed by atoms with Gasteiger partial charge in [-0.1, -0.05) is 0 Å². The maximum Gasteiger partial charge on any atom is 0.115 e. The van der Waals surface area contributed by atoms with E-state index in [1.807, 2.05) is 6.79 Å². The van der Waals surface area contributed by atoms with Crippen LogP contribution in [0.3, 0.4) is 0 Å². The van der Waals surface area contributed by atoms with Crippen molar-refractivity contribution in [2.45, 2.75) is 0 Å². The molecule has 0 bridgehead atoms. The monoisotopic (exact) mass is 110 g/mol. The van der Waals surface area contributed by atoms with Crippen LogP contribution in [0.2, 0.25) is 0 Å². The van der Waals surface area contributed by atoms with Crippen LogP contribution in [-0.2, 0) is 4.79 Å². The summed E-state index contributed by atoms with van der Waals surface area (Å²) in [6.07, 6.45) is 4.88. The van der Waals surface area contributed by atoms with Crippen LogP contribution in [0, 0.1) is 0 Å². The van der Waals surface area contributed by atoms with Crippen molar-refractivity contribution >= 4 is 6.79 Å². The summed E-state index contributed by atoms with van der Waals surface area (Å²) >= 11 is 0. The van der Waals surface area contributed by atoms with E-state index in [4.69, 9.17) is 4.79 Å². The molecule has 42 valence electrons. The first-order chi connectivity index (χ1) is 4.00. The van der Waals surface area contributed by atoms with Crippen molar-refractivity contribution in [2.75, 3.05) is 0 Å². The molecule has 0 fully saturated rings. The van der Waals surface area contributed by atoms with Crippen molar-refractivity contribution < 1.29 is 4.79 Å². The highest BCUT2D eigenvalue weighted by Gasteiger charge is 1.59. The zero-order valence-corrected chi connectivity index (χ0v) is 4.32. The second-order valence-corrected chi connectivity index (χ2v) is 0.904. The highest BCUT2D eigenvalue weighted by Crippen LogP contribution is 1.66. The van der Waals surface area contributed by atoms with E-state index in [-0.39, 0.29) is 0 Å². The van der Waals surface area contributed by atoms with Gasteiger partial charge in [-0.15, -0.1) is 0 Å². The van der Waals surface area contributed by atoms with E-state index in [0.717, 1.165) is 0 Å². The lowest BCUT2D eigenvalue weighted by molar-refractivity contribution is -0.0979. The average molecular weight is 110 g/mol. The number of hydrogen-bond donors (Lipinski definition) is 0. The summed E-state index contributed by atoms with van der Waals surface area (Å²) in [6.45, 7) is 2.00. The van der Waals surface area contributed by atoms with Crippen molar-refractivity contribution in [3.05, 3.63) is 24.8 Å². The molecule has 1 aromatic heterocycles. The first-order valence-electron chi connectivity index (χ1n) is 1.99. The predicted octanol–water partition coefficient (Wildman–Crippen LogP) is 0.292. The lowest BCUT2D eigenvalue weighted by Gasteiger charge is -1.70. The minimum absolute atomic E-state index is 1.50. The Hall–Kier alpha value is -1.25. The Morgan fingerprint density at radius 1 is 1.12 bits per heavy atom. The van der Waals surface area contributed by atoms with Gasteiger partial charge in [-0.25, -0.2) is 9.97 Å². The zero-order chi connectivity index (χ0) is 6.24. The van der Waals surface area contributed by atoms with Crippen molar-refractivity contribution in [3.63, 3.8) is 0 Å². The molecule has 0 N–H and O–H groups in total. The molecule has 0 spiro atoms. The first kappa shape index (κ1) is 6.75. The summed E-state index contributed by atoms with van der Waals surface area (Å²) in [6, 6.07) is 1.78. The second-order valence-electron chi connectivity index (χ2n) is 0.904. The number of nitrogens with zero attached hydrogens (tertiary/aromatic N) is 2. The van der Waals surface area contributed by atoms with Gasteiger partial charge < -0.3 is 4.79 Å². The third-order valence-corrected chi connectivity index (χ3v) is 0.478. The maximum absolute atomic E-state index is 8.00. The molecule has 0 radical (unpaired) electrons. The molecule has 0 aliphatic rings. The van der Waals surface area contributed by atoms with Gasteiger partial charge in [0, 0.05) is 12.4 Å². The van der Waals surface area contributed by atoms with Gasteiger partial charge >= 0.3 is 0 Å². The Morgan fingerprint density at radius 2 is 1.62 bits per heavy atom. The molecule has 3 nitrogen and oxygen atoms in total. The van der Waals surface area contributed by atoms with Crippen LogP contribution in [-0.4, -0.2) is 16.8 Å². The summed E-state index contributed by atoms with van der Waals surface area (Å²) in [5.74, 6) is 0. The predicted molar refractivity (Wildman–Crippen MR) is 29.2 cm³/mol. The van der Waals surface area contributed by atoms with Gasteiger partial charge in [-0.05, 0) is 6.07 Å². The molecule has 0 unspecified atom stereocenters. The number of rotatable bonds is 0. The van der Waals surface area contributed by atoms with Gasteiger partial charge in [0.05, 0.1) is 0 Å². The molecule has 1 aromatic rings. The molecule has 1 rings (SSSR count). The number of hydrogen-bond acceptors (Lipinski definition) is 3. The summed E-state index contributed by atoms with van der Waals surface area (Å²) in [5.41, 5.74) is 0. The van der Waals surface area contributed by atoms with E-state index in [1.165, 1.54) is 6.33 Å². The van der Waals surface area contributed by atoms with E-state index in [2.05, 4.69) is 9.97 Å². The lowest BCUT2D eigenvalue weighted by atomic mass is 10.7. The smallest absolute Gasteiger partial charge is 0.115 e. The molecule has 0 aliphatic heterocycles. The van der Waals surface area contributed by atoms with Crippen LogP contribution in [0.4, 0.5) is 0 Å². The molecule has 0 amide bonds. The molecule has 0 atom stereocenters. The van der Waals surface area contributed by atoms with Gasteiger partial charge in [0.1, 0.15) is 13.1 Å². The third-order valence-electron chi connectivity index (χ3n) is 0.478. The van der Waals surface area contributed by atoms with Gasteiger partial charge in [0.15, 0.2) is 0 Å². The summed E-state index contributed by atoms with van der Waals surface area (Å²) in [4.78, 5) is 15.3. The summed E-state index contributed by atoms with van der Waals surface area (Å²) in [5, 5.41) is 0. The lowest BCUT2D eigenvalue weighted by Crippen LogP contribution is -1.66. The highest BCUT2D eigenvalue weighted by atomic mass is 16.1. The van der Waals surface area contributed by atoms with Crippen LogP contribution < -0.4 is 0 Å². The number of carbonyl (C=O) groups is 1. The van der Waals surface area contributed by atoms with Gasteiger partial charge in [0.2, 0.25) is 0 Å². The topological polar surface area (TPSA) is 42.9 Å². The SMILES string of the molecule is C=O.c1cncnc1.